The molecule has 0 spiro atoms. The molecule has 14 nitrogen and oxygen atoms in total. The maximum Gasteiger partial charge on any atom is 0.407 e. The van der Waals surface area contributed by atoms with Gasteiger partial charge in [-0.3, -0.25) is 9.59 Å². The number of methoxy groups -OCH3 is 2. The van der Waals surface area contributed by atoms with Gasteiger partial charge in [-0.1, -0.05) is 68.4 Å². The average Bonchev–Trinajstić information content (AvgIpc) is 4.15. The van der Waals surface area contributed by atoms with Gasteiger partial charge in [-0.25, -0.2) is 23.9 Å². The highest BCUT2D eigenvalue weighted by molar-refractivity contribution is 6.05. The van der Waals surface area contributed by atoms with Crippen LogP contribution < -0.4 is 10.6 Å². The molecule has 2 bridgehead atoms. The third kappa shape index (κ3) is 7.38. The summed E-state index contributed by atoms with van der Waals surface area (Å²) in [4.78, 5) is 72.6. The molecule has 3 fully saturated rings. The lowest BCUT2D eigenvalue weighted by atomic mass is 9.95. The summed E-state index contributed by atoms with van der Waals surface area (Å²) in [5.41, 5.74) is 4.66. The molecule has 1 aliphatic carbocycles. The van der Waals surface area contributed by atoms with Gasteiger partial charge in [0.2, 0.25) is 5.91 Å². The highest BCUT2D eigenvalue weighted by Gasteiger charge is 2.51. The van der Waals surface area contributed by atoms with Crippen molar-refractivity contribution in [2.45, 2.75) is 76.2 Å². The second-order valence-electron chi connectivity index (χ2n) is 16.8. The first-order chi connectivity index (χ1) is 30.0. The highest BCUT2D eigenvalue weighted by atomic mass is 19.1. The van der Waals surface area contributed by atoms with Gasteiger partial charge < -0.3 is 39.9 Å². The van der Waals surface area contributed by atoms with Crippen LogP contribution >= 0.6 is 0 Å². The highest BCUT2D eigenvalue weighted by Crippen LogP contribution is 2.50. The Morgan fingerprint density at radius 2 is 1.60 bits per heavy atom. The van der Waals surface area contributed by atoms with E-state index in [1.165, 1.54) is 20.3 Å². The van der Waals surface area contributed by atoms with E-state index in [4.69, 9.17) is 14.5 Å². The zero-order valence-corrected chi connectivity index (χ0v) is 35.0. The van der Waals surface area contributed by atoms with Gasteiger partial charge >= 0.3 is 12.2 Å². The first kappa shape index (κ1) is 40.6. The summed E-state index contributed by atoms with van der Waals surface area (Å²) in [5.74, 6) is 0.494. The number of nitrogens with one attached hydrogen (secondary N) is 4. The van der Waals surface area contributed by atoms with Gasteiger partial charge in [-0.15, -0.1) is 0 Å². The van der Waals surface area contributed by atoms with Crippen molar-refractivity contribution >= 4 is 45.8 Å². The Kier molecular flexibility index (Phi) is 10.9. The minimum Gasteiger partial charge on any atom is -0.453 e. The van der Waals surface area contributed by atoms with Crippen molar-refractivity contribution in [3.8, 4) is 22.4 Å². The van der Waals surface area contributed by atoms with Crippen LogP contribution in [-0.4, -0.2) is 86.6 Å². The molecule has 2 aromatic heterocycles. The van der Waals surface area contributed by atoms with E-state index in [0.717, 1.165) is 53.1 Å². The maximum absolute atomic E-state index is 16.1. The Balaban J connectivity index is 0.945. The molecular weight excluding hydrogens is 792 g/mol. The molecule has 6 aromatic rings. The number of alkyl carbamates (subject to hydrolysis) is 2. The van der Waals surface area contributed by atoms with Gasteiger partial charge in [0, 0.05) is 23.5 Å². The fourth-order valence-electron chi connectivity index (χ4n) is 9.80. The Hall–Kier alpha value is -6.77. The lowest BCUT2D eigenvalue weighted by Gasteiger charge is -2.37. The molecule has 3 aliphatic rings. The lowest BCUT2D eigenvalue weighted by Crippen LogP contribution is -2.54. The van der Waals surface area contributed by atoms with Crippen molar-refractivity contribution in [2.24, 2.45) is 11.8 Å². The van der Waals surface area contributed by atoms with Gasteiger partial charge in [0.05, 0.1) is 49.2 Å². The number of aromatic nitrogens is 4. The van der Waals surface area contributed by atoms with Gasteiger partial charge in [0.1, 0.15) is 29.5 Å². The van der Waals surface area contributed by atoms with Crippen molar-refractivity contribution in [1.29, 1.82) is 0 Å². The van der Waals surface area contributed by atoms with Gasteiger partial charge in [-0.2, -0.15) is 0 Å². The van der Waals surface area contributed by atoms with E-state index < -0.39 is 30.1 Å². The zero-order valence-electron chi connectivity index (χ0n) is 35.0. The third-order valence-electron chi connectivity index (χ3n) is 12.9. The smallest absolute Gasteiger partial charge is 0.407 e. The van der Waals surface area contributed by atoms with Gasteiger partial charge in [0.15, 0.2) is 0 Å². The van der Waals surface area contributed by atoms with Crippen LogP contribution in [0, 0.1) is 17.7 Å². The Morgan fingerprint density at radius 3 is 2.35 bits per heavy atom. The van der Waals surface area contributed by atoms with E-state index >= 15 is 4.39 Å². The maximum atomic E-state index is 16.1. The number of amides is 4. The van der Waals surface area contributed by atoms with Crippen LogP contribution in [0.15, 0.2) is 85.1 Å². The number of halogens is 1. The predicted octanol–water partition coefficient (Wildman–Crippen LogP) is 8.11. The number of carbonyl (C=O) groups is 4. The summed E-state index contributed by atoms with van der Waals surface area (Å²) < 4.78 is 25.7. The molecule has 1 saturated carbocycles. The van der Waals surface area contributed by atoms with Crippen LogP contribution in [0.3, 0.4) is 0 Å². The number of H-pyrrole nitrogens is 2. The Labute approximate surface area is 357 Å². The van der Waals surface area contributed by atoms with Gasteiger partial charge in [0.25, 0.3) is 5.91 Å². The van der Waals surface area contributed by atoms with E-state index in [1.807, 2.05) is 73.3 Å². The number of imidazole rings is 2. The van der Waals surface area contributed by atoms with E-state index in [9.17, 15) is 19.2 Å². The topological polar surface area (TPSA) is 175 Å². The molecule has 4 N–H and O–H groups in total. The fourth-order valence-corrected chi connectivity index (χ4v) is 9.80. The molecule has 4 aromatic carbocycles. The Morgan fingerprint density at radius 1 is 0.839 bits per heavy atom. The summed E-state index contributed by atoms with van der Waals surface area (Å²) in [6.07, 6.45) is 4.47. The lowest BCUT2D eigenvalue weighted by molar-refractivity contribution is -0.139. The monoisotopic (exact) mass is 840 g/mol. The normalized spacial score (nSPS) is 20.5. The number of rotatable bonds is 10. The fraction of sp³-hybridized carbons (Fsp3) is 0.362. The molecule has 2 aliphatic heterocycles. The summed E-state index contributed by atoms with van der Waals surface area (Å²) in [6.45, 7) is 4.29. The minimum atomic E-state index is -0.916. The molecule has 6 unspecified atom stereocenters. The number of likely N-dealkylation sites (tertiary alicyclic amines) is 2. The summed E-state index contributed by atoms with van der Waals surface area (Å²) >= 11 is 0. The quantitative estimate of drug-likeness (QED) is 0.107. The second-order valence-corrected chi connectivity index (χ2v) is 16.8. The molecule has 320 valence electrons. The minimum absolute atomic E-state index is 0.0423. The van der Waals surface area contributed by atoms with E-state index in [-0.39, 0.29) is 41.8 Å². The van der Waals surface area contributed by atoms with Gasteiger partial charge in [-0.05, 0) is 90.3 Å². The molecular formula is C47H49FN8O6. The van der Waals surface area contributed by atoms with Crippen molar-refractivity contribution in [3.05, 3.63) is 108 Å². The van der Waals surface area contributed by atoms with E-state index in [2.05, 4.69) is 25.6 Å². The van der Waals surface area contributed by atoms with Crippen LogP contribution in [0.5, 0.6) is 0 Å². The zero-order chi connectivity index (χ0) is 43.2. The predicted molar refractivity (Wildman–Crippen MR) is 230 cm³/mol. The van der Waals surface area contributed by atoms with Crippen molar-refractivity contribution in [3.63, 3.8) is 0 Å². The Bertz CT molecular complexity index is 2680. The van der Waals surface area contributed by atoms with Crippen LogP contribution in [0.1, 0.15) is 81.3 Å². The standard InChI is InChI=1S/C47H49FN8O6/c1-25(2)38(53-46(59)61-3)45(58)56-31-16-12-30(22-31)41(56)43-49-24-36(51-43)33-18-14-28(23-34(33)48)27-13-17-32-29(21-27)15-19-35-40(32)52-42(50-35)37-11-8-20-55(37)44(57)39(54-47(60)62-4)26-9-6-5-7-10-26/h5-7,9-10,13-15,17-19,21,23-25,30-31,37-39,41H,8,11-12,16,20,22H2,1-4H3,(H,49,51)(H,50,52)(H,53,59)(H,54,60). The summed E-state index contributed by atoms with van der Waals surface area (Å²) in [6, 6.07) is 21.9. The number of ether oxygens (including phenoxy) is 2. The van der Waals surface area contributed by atoms with E-state index in [1.54, 1.807) is 29.3 Å². The second kappa shape index (κ2) is 16.6. The van der Waals surface area contributed by atoms with Crippen molar-refractivity contribution in [1.82, 2.24) is 40.4 Å². The molecule has 62 heavy (non-hydrogen) atoms. The number of hydrogen-bond donors (Lipinski definition) is 4. The number of nitrogens with zero attached hydrogens (tertiary/aromatic N) is 4. The number of fused-ring (bicyclic) bond motifs is 5. The van der Waals surface area contributed by atoms with Crippen LogP contribution in [0.4, 0.5) is 14.0 Å². The number of benzene rings is 4. The number of aromatic amines is 2. The van der Waals surface area contributed by atoms with Crippen LogP contribution in [0.2, 0.25) is 0 Å². The first-order valence-corrected chi connectivity index (χ1v) is 21.2. The molecule has 15 heteroatoms. The van der Waals surface area contributed by atoms with Crippen molar-refractivity contribution < 1.29 is 33.0 Å². The SMILES string of the molecule is COC(=O)NC(C(=O)N1CCCC1c1nc2c(ccc3cc(-c4ccc(-c5cnc(C6C7CCC(C7)N6C(=O)C(NC(=O)OC)C(C)C)[nH]5)c(F)c4)ccc32)[nH]1)c1ccccc1. The molecule has 4 amide bonds. The van der Waals surface area contributed by atoms with Crippen molar-refractivity contribution in [2.75, 3.05) is 20.8 Å². The van der Waals surface area contributed by atoms with Crippen LogP contribution in [-0.2, 0) is 19.1 Å². The molecule has 4 heterocycles. The number of hydrogen-bond acceptors (Lipinski definition) is 8. The number of piperidine rings is 1. The molecule has 9 rings (SSSR count). The largest absolute Gasteiger partial charge is 0.453 e. The third-order valence-corrected chi connectivity index (χ3v) is 12.9. The van der Waals surface area contributed by atoms with E-state index in [0.29, 0.717) is 47.0 Å². The first-order valence-electron chi connectivity index (χ1n) is 21.2. The summed E-state index contributed by atoms with van der Waals surface area (Å²) in [5, 5.41) is 7.27. The molecule has 2 saturated heterocycles. The molecule has 6 atom stereocenters. The number of carbonyl (C=O) groups excluding carboxylic acids is 4. The average molecular weight is 841 g/mol. The van der Waals surface area contributed by atoms with Crippen LogP contribution in [0.25, 0.3) is 44.2 Å². The molecule has 0 radical (unpaired) electrons. The summed E-state index contributed by atoms with van der Waals surface area (Å²) in [7, 11) is 2.55.